The number of nitrogens with one attached hydrogen (secondary N) is 1. The monoisotopic (exact) mass is 154 g/mol. The molecule has 1 unspecified atom stereocenters. The van der Waals surface area contributed by atoms with Gasteiger partial charge in [0.1, 0.15) is 0 Å². The van der Waals surface area contributed by atoms with Crippen LogP contribution >= 0.6 is 0 Å². The minimum atomic E-state index is -0.396. The Hall–Kier alpha value is -1.32. The van der Waals surface area contributed by atoms with Crippen LogP contribution in [0.4, 0.5) is 0 Å². The van der Waals surface area contributed by atoms with Gasteiger partial charge in [-0.3, -0.25) is 14.9 Å². The highest BCUT2D eigenvalue weighted by Crippen LogP contribution is 2.18. The molecule has 0 bridgehead atoms. The van der Waals surface area contributed by atoms with Crippen LogP contribution in [0.25, 0.3) is 0 Å². The maximum Gasteiger partial charge on any atom is 0.256 e. The minimum Gasteiger partial charge on any atom is -0.402 e. The molecule has 11 heavy (non-hydrogen) atoms. The van der Waals surface area contributed by atoms with E-state index in [1.807, 2.05) is 0 Å². The number of hydrogen-bond donors (Lipinski definition) is 2. The number of carbonyl (C=O) groups is 2. The van der Waals surface area contributed by atoms with E-state index in [1.54, 1.807) is 13.8 Å². The topological polar surface area (TPSA) is 72.2 Å². The molecule has 1 saturated heterocycles. The molecule has 2 amide bonds. The van der Waals surface area contributed by atoms with Gasteiger partial charge in [-0.15, -0.1) is 0 Å². The SMILES string of the molecule is C/C(N)=C1/C(=O)NC(=O)C1C. The maximum absolute atomic E-state index is 11.0. The number of allylic oxidation sites excluding steroid dienone is 1. The Kier molecular flexibility index (Phi) is 1.68. The maximum atomic E-state index is 11.0. The van der Waals surface area contributed by atoms with Crippen molar-refractivity contribution in [3.05, 3.63) is 11.3 Å². The van der Waals surface area contributed by atoms with Crippen molar-refractivity contribution in [1.29, 1.82) is 0 Å². The van der Waals surface area contributed by atoms with E-state index < -0.39 is 5.92 Å². The van der Waals surface area contributed by atoms with Crippen LogP contribution in [0.15, 0.2) is 11.3 Å². The van der Waals surface area contributed by atoms with Gasteiger partial charge in [0, 0.05) is 11.3 Å². The third-order valence-electron chi connectivity index (χ3n) is 1.73. The molecule has 3 N–H and O–H groups in total. The molecule has 1 aliphatic heterocycles. The first-order valence-electron chi connectivity index (χ1n) is 3.35. The fraction of sp³-hybridized carbons (Fsp3) is 0.429. The Bertz CT molecular complexity index is 251. The minimum absolute atomic E-state index is 0.269. The fourth-order valence-corrected chi connectivity index (χ4v) is 1.14. The van der Waals surface area contributed by atoms with E-state index >= 15 is 0 Å². The largest absolute Gasteiger partial charge is 0.402 e. The summed E-state index contributed by atoms with van der Waals surface area (Å²) >= 11 is 0. The summed E-state index contributed by atoms with van der Waals surface area (Å²) in [7, 11) is 0. The van der Waals surface area contributed by atoms with E-state index in [1.165, 1.54) is 0 Å². The Balaban J connectivity index is 3.08. The quantitative estimate of drug-likeness (QED) is 0.365. The number of carbonyl (C=O) groups excluding carboxylic acids is 2. The van der Waals surface area contributed by atoms with Gasteiger partial charge in [-0.2, -0.15) is 0 Å². The summed E-state index contributed by atoms with van der Waals surface area (Å²) in [4.78, 5) is 21.8. The van der Waals surface area contributed by atoms with Crippen LogP contribution in [-0.2, 0) is 9.59 Å². The third-order valence-corrected chi connectivity index (χ3v) is 1.73. The molecule has 0 saturated carbocycles. The summed E-state index contributed by atoms with van der Waals surface area (Å²) in [6.45, 7) is 3.27. The predicted molar refractivity (Wildman–Crippen MR) is 39.2 cm³/mol. The number of hydrogen-bond acceptors (Lipinski definition) is 3. The van der Waals surface area contributed by atoms with Gasteiger partial charge in [0.05, 0.1) is 5.92 Å². The van der Waals surface area contributed by atoms with Crippen LogP contribution in [0.3, 0.4) is 0 Å². The van der Waals surface area contributed by atoms with Gasteiger partial charge < -0.3 is 5.73 Å². The van der Waals surface area contributed by atoms with E-state index in [9.17, 15) is 9.59 Å². The van der Waals surface area contributed by atoms with Crippen molar-refractivity contribution >= 4 is 11.8 Å². The third kappa shape index (κ3) is 1.11. The number of rotatable bonds is 0. The molecule has 1 fully saturated rings. The molecule has 0 radical (unpaired) electrons. The van der Waals surface area contributed by atoms with E-state index in [-0.39, 0.29) is 11.8 Å². The molecule has 0 aromatic carbocycles. The van der Waals surface area contributed by atoms with E-state index in [0.29, 0.717) is 11.3 Å². The standard InChI is InChI=1S/C7H10N2O2/c1-3-5(4(2)8)7(11)9-6(3)10/h3H,8H2,1-2H3,(H,9,10,11)/b5-4-. The molecule has 1 aliphatic rings. The highest BCUT2D eigenvalue weighted by atomic mass is 16.2. The fourth-order valence-electron chi connectivity index (χ4n) is 1.14. The first kappa shape index (κ1) is 7.78. The second-order valence-corrected chi connectivity index (χ2v) is 2.64. The molecular formula is C7H10N2O2. The van der Waals surface area contributed by atoms with Gasteiger partial charge in [-0.25, -0.2) is 0 Å². The normalized spacial score (nSPS) is 28.7. The number of amides is 2. The molecule has 1 atom stereocenters. The average molecular weight is 154 g/mol. The Morgan fingerprint density at radius 3 is 2.27 bits per heavy atom. The van der Waals surface area contributed by atoms with Crippen LogP contribution in [0.5, 0.6) is 0 Å². The zero-order chi connectivity index (χ0) is 8.59. The molecule has 1 rings (SSSR count). The molecule has 4 heteroatoms. The summed E-state index contributed by atoms with van der Waals surface area (Å²) in [5.74, 6) is -1.02. The Morgan fingerprint density at radius 2 is 2.09 bits per heavy atom. The highest BCUT2D eigenvalue weighted by Gasteiger charge is 2.33. The van der Waals surface area contributed by atoms with Crippen molar-refractivity contribution in [3.63, 3.8) is 0 Å². The van der Waals surface area contributed by atoms with Gasteiger partial charge in [-0.05, 0) is 13.8 Å². The summed E-state index contributed by atoms with van der Waals surface area (Å²) < 4.78 is 0. The zero-order valence-electron chi connectivity index (χ0n) is 6.47. The molecule has 4 nitrogen and oxygen atoms in total. The summed E-state index contributed by atoms with van der Waals surface area (Å²) in [6.07, 6.45) is 0. The lowest BCUT2D eigenvalue weighted by molar-refractivity contribution is -0.125. The van der Waals surface area contributed by atoms with Crippen LogP contribution < -0.4 is 11.1 Å². The van der Waals surface area contributed by atoms with Crippen molar-refractivity contribution in [2.75, 3.05) is 0 Å². The lowest BCUT2D eigenvalue weighted by atomic mass is 10.0. The zero-order valence-corrected chi connectivity index (χ0v) is 6.47. The van der Waals surface area contributed by atoms with Gasteiger partial charge in [0.15, 0.2) is 0 Å². The van der Waals surface area contributed by atoms with Crippen LogP contribution in [0.1, 0.15) is 13.8 Å². The van der Waals surface area contributed by atoms with Crippen molar-refractivity contribution in [2.24, 2.45) is 11.7 Å². The molecular weight excluding hydrogens is 144 g/mol. The van der Waals surface area contributed by atoms with Gasteiger partial charge in [0.2, 0.25) is 5.91 Å². The first-order valence-corrected chi connectivity index (χ1v) is 3.35. The molecule has 1 heterocycles. The molecule has 0 spiro atoms. The van der Waals surface area contributed by atoms with Crippen molar-refractivity contribution in [3.8, 4) is 0 Å². The second-order valence-electron chi connectivity index (χ2n) is 2.64. The molecule has 60 valence electrons. The van der Waals surface area contributed by atoms with E-state index in [4.69, 9.17) is 5.73 Å². The smallest absolute Gasteiger partial charge is 0.256 e. The Labute approximate surface area is 64.4 Å². The number of nitrogens with two attached hydrogens (primary N) is 1. The van der Waals surface area contributed by atoms with Gasteiger partial charge >= 0.3 is 0 Å². The molecule has 0 aromatic heterocycles. The summed E-state index contributed by atoms with van der Waals surface area (Å²) in [5.41, 5.74) is 6.22. The van der Waals surface area contributed by atoms with Crippen LogP contribution in [0, 0.1) is 5.92 Å². The molecule has 0 aromatic rings. The van der Waals surface area contributed by atoms with Crippen molar-refractivity contribution < 1.29 is 9.59 Å². The lowest BCUT2D eigenvalue weighted by Gasteiger charge is -2.00. The first-order chi connectivity index (χ1) is 5.04. The van der Waals surface area contributed by atoms with Crippen LogP contribution in [-0.4, -0.2) is 11.8 Å². The van der Waals surface area contributed by atoms with Gasteiger partial charge in [-0.1, -0.05) is 0 Å². The second kappa shape index (κ2) is 2.38. The summed E-state index contributed by atoms with van der Waals surface area (Å²) in [5, 5.41) is 2.18. The highest BCUT2D eigenvalue weighted by molar-refractivity contribution is 6.14. The average Bonchev–Trinajstić information content (AvgIpc) is 2.07. The van der Waals surface area contributed by atoms with Gasteiger partial charge in [0.25, 0.3) is 5.91 Å². The lowest BCUT2D eigenvalue weighted by Crippen LogP contribution is -2.21. The van der Waals surface area contributed by atoms with Crippen molar-refractivity contribution in [1.82, 2.24) is 5.32 Å². The predicted octanol–water partition coefficient (Wildman–Crippen LogP) is -0.488. The Morgan fingerprint density at radius 1 is 1.55 bits per heavy atom. The van der Waals surface area contributed by atoms with E-state index in [2.05, 4.69) is 5.32 Å². The number of imide groups is 1. The van der Waals surface area contributed by atoms with Crippen LogP contribution in [0.2, 0.25) is 0 Å². The summed E-state index contributed by atoms with van der Waals surface area (Å²) in [6, 6.07) is 0. The molecule has 0 aliphatic carbocycles. The van der Waals surface area contributed by atoms with Crippen molar-refractivity contribution in [2.45, 2.75) is 13.8 Å². The van der Waals surface area contributed by atoms with E-state index in [0.717, 1.165) is 0 Å².